The molecule has 0 amide bonds. The van der Waals surface area contributed by atoms with Crippen LogP contribution in [0, 0.1) is 11.6 Å². The lowest BCUT2D eigenvalue weighted by atomic mass is 10.3. The predicted molar refractivity (Wildman–Crippen MR) is 117 cm³/mol. The Morgan fingerprint density at radius 1 is 0.781 bits per heavy atom. The van der Waals surface area contributed by atoms with E-state index in [1.54, 1.807) is 0 Å². The SMILES string of the molecule is COc1ccc(S(=O)(=O)Nc2c(F)cccc2Cl)cc1S(=O)(=O)Nc1c(F)cccc1Cl. The van der Waals surface area contributed by atoms with Crippen molar-refractivity contribution in [3.8, 4) is 5.75 Å². The summed E-state index contributed by atoms with van der Waals surface area (Å²) in [6.07, 6.45) is 0. The molecule has 0 saturated heterocycles. The maximum Gasteiger partial charge on any atom is 0.265 e. The van der Waals surface area contributed by atoms with Crippen LogP contribution in [-0.2, 0) is 20.0 Å². The molecular formula is C19H14Cl2F2N2O5S2. The summed E-state index contributed by atoms with van der Waals surface area (Å²) in [5, 5.41) is -0.419. The number of ether oxygens (including phenoxy) is 1. The zero-order chi connectivity index (χ0) is 23.7. The Labute approximate surface area is 193 Å². The third-order valence-electron chi connectivity index (χ3n) is 4.13. The van der Waals surface area contributed by atoms with Crippen molar-refractivity contribution in [3.05, 3.63) is 76.3 Å². The van der Waals surface area contributed by atoms with Gasteiger partial charge in [0.1, 0.15) is 33.7 Å². The number of para-hydroxylation sites is 2. The highest BCUT2D eigenvalue weighted by atomic mass is 35.5. The van der Waals surface area contributed by atoms with E-state index < -0.39 is 52.8 Å². The van der Waals surface area contributed by atoms with E-state index in [0.29, 0.717) is 0 Å². The summed E-state index contributed by atoms with van der Waals surface area (Å²) in [5.74, 6) is -2.11. The van der Waals surface area contributed by atoms with Crippen LogP contribution in [0.5, 0.6) is 5.75 Å². The highest BCUT2D eigenvalue weighted by Crippen LogP contribution is 2.33. The van der Waals surface area contributed by atoms with E-state index in [-0.39, 0.29) is 15.8 Å². The number of hydrogen-bond donors (Lipinski definition) is 2. The van der Waals surface area contributed by atoms with Gasteiger partial charge in [-0.05, 0) is 42.5 Å². The third kappa shape index (κ3) is 4.90. The third-order valence-corrected chi connectivity index (χ3v) is 7.48. The molecule has 0 bridgehead atoms. The number of hydrogen-bond acceptors (Lipinski definition) is 5. The summed E-state index contributed by atoms with van der Waals surface area (Å²) in [5.41, 5.74) is -1.04. The summed E-state index contributed by atoms with van der Waals surface area (Å²) >= 11 is 11.7. The van der Waals surface area contributed by atoms with Crippen molar-refractivity contribution in [2.24, 2.45) is 0 Å². The first-order valence-electron chi connectivity index (χ1n) is 8.58. The second kappa shape index (κ2) is 9.10. The van der Waals surface area contributed by atoms with Crippen molar-refractivity contribution in [2.45, 2.75) is 9.79 Å². The first-order chi connectivity index (χ1) is 15.0. The number of halogens is 4. The molecule has 7 nitrogen and oxygen atoms in total. The topological polar surface area (TPSA) is 102 Å². The van der Waals surface area contributed by atoms with Crippen molar-refractivity contribution in [3.63, 3.8) is 0 Å². The normalized spacial score (nSPS) is 11.8. The highest BCUT2D eigenvalue weighted by Gasteiger charge is 2.26. The van der Waals surface area contributed by atoms with E-state index in [9.17, 15) is 25.6 Å². The van der Waals surface area contributed by atoms with Crippen LogP contribution in [-0.4, -0.2) is 23.9 Å². The Morgan fingerprint density at radius 2 is 1.28 bits per heavy atom. The fraction of sp³-hybridized carbons (Fsp3) is 0.0526. The largest absolute Gasteiger partial charge is 0.495 e. The predicted octanol–water partition coefficient (Wildman–Crippen LogP) is 4.88. The molecule has 0 atom stereocenters. The number of benzene rings is 3. The van der Waals surface area contributed by atoms with E-state index in [1.807, 2.05) is 9.44 Å². The second-order valence-corrected chi connectivity index (χ2v) is 10.4. The molecule has 0 spiro atoms. The molecule has 2 N–H and O–H groups in total. The van der Waals surface area contributed by atoms with E-state index >= 15 is 0 Å². The Balaban J connectivity index is 2.07. The molecule has 3 rings (SSSR count). The zero-order valence-corrected chi connectivity index (χ0v) is 19.2. The number of nitrogens with one attached hydrogen (secondary N) is 2. The summed E-state index contributed by atoms with van der Waals surface area (Å²) in [4.78, 5) is -1.17. The fourth-order valence-corrected chi connectivity index (χ4v) is 5.61. The summed E-state index contributed by atoms with van der Waals surface area (Å²) in [6.45, 7) is 0. The van der Waals surface area contributed by atoms with E-state index in [2.05, 4.69) is 0 Å². The fourth-order valence-electron chi connectivity index (χ4n) is 2.61. The van der Waals surface area contributed by atoms with Crippen LogP contribution in [0.4, 0.5) is 20.2 Å². The lowest BCUT2D eigenvalue weighted by molar-refractivity contribution is 0.402. The number of anilines is 2. The van der Waals surface area contributed by atoms with Crippen LogP contribution in [0.15, 0.2) is 64.4 Å². The van der Waals surface area contributed by atoms with Gasteiger partial charge < -0.3 is 4.74 Å². The second-order valence-electron chi connectivity index (χ2n) is 6.22. The van der Waals surface area contributed by atoms with Gasteiger partial charge in [0, 0.05) is 0 Å². The molecule has 0 heterocycles. The van der Waals surface area contributed by atoms with Crippen molar-refractivity contribution >= 4 is 54.6 Å². The van der Waals surface area contributed by atoms with Crippen LogP contribution < -0.4 is 14.2 Å². The Hall–Kier alpha value is -2.60. The maximum atomic E-state index is 14.1. The summed E-state index contributed by atoms with van der Waals surface area (Å²) in [7, 11) is -7.88. The van der Waals surface area contributed by atoms with Crippen LogP contribution >= 0.6 is 23.2 Å². The van der Waals surface area contributed by atoms with Gasteiger partial charge in [-0.25, -0.2) is 25.6 Å². The lowest BCUT2D eigenvalue weighted by Crippen LogP contribution is -2.18. The van der Waals surface area contributed by atoms with E-state index in [1.165, 1.54) is 24.3 Å². The molecule has 0 aliphatic carbocycles. The minimum absolute atomic E-state index is 0.203. The molecule has 32 heavy (non-hydrogen) atoms. The smallest absolute Gasteiger partial charge is 0.265 e. The Kier molecular flexibility index (Phi) is 6.84. The number of methoxy groups -OCH3 is 1. The van der Waals surface area contributed by atoms with Gasteiger partial charge in [-0.1, -0.05) is 35.3 Å². The van der Waals surface area contributed by atoms with Crippen LogP contribution in [0.25, 0.3) is 0 Å². The van der Waals surface area contributed by atoms with Gasteiger partial charge in [-0.3, -0.25) is 9.44 Å². The molecule has 170 valence electrons. The summed E-state index contributed by atoms with van der Waals surface area (Å²) in [6, 6.07) is 9.99. The molecular weight excluding hydrogens is 509 g/mol. The Bertz CT molecular complexity index is 1360. The molecule has 0 unspecified atom stereocenters. The average molecular weight is 523 g/mol. The monoisotopic (exact) mass is 522 g/mol. The molecule has 0 radical (unpaired) electrons. The van der Waals surface area contributed by atoms with Gasteiger partial charge in [0.15, 0.2) is 0 Å². The van der Waals surface area contributed by atoms with Crippen molar-refractivity contribution < 1.29 is 30.4 Å². The lowest BCUT2D eigenvalue weighted by Gasteiger charge is -2.15. The summed E-state index contributed by atoms with van der Waals surface area (Å²) < 4.78 is 88.5. The van der Waals surface area contributed by atoms with Gasteiger partial charge in [-0.2, -0.15) is 0 Å². The van der Waals surface area contributed by atoms with Gasteiger partial charge in [0.25, 0.3) is 20.0 Å². The minimum Gasteiger partial charge on any atom is -0.495 e. The molecule has 0 fully saturated rings. The van der Waals surface area contributed by atoms with Crippen molar-refractivity contribution in [1.82, 2.24) is 0 Å². The molecule has 3 aromatic carbocycles. The molecule has 0 aliphatic rings. The molecule has 0 aliphatic heterocycles. The first kappa shape index (κ1) is 24.1. The van der Waals surface area contributed by atoms with Crippen LogP contribution in [0.2, 0.25) is 10.0 Å². The van der Waals surface area contributed by atoms with Crippen molar-refractivity contribution in [1.29, 1.82) is 0 Å². The molecule has 3 aromatic rings. The van der Waals surface area contributed by atoms with Crippen molar-refractivity contribution in [2.75, 3.05) is 16.6 Å². The number of rotatable bonds is 7. The van der Waals surface area contributed by atoms with Crippen LogP contribution in [0.1, 0.15) is 0 Å². The zero-order valence-electron chi connectivity index (χ0n) is 16.1. The van der Waals surface area contributed by atoms with Crippen LogP contribution in [0.3, 0.4) is 0 Å². The van der Waals surface area contributed by atoms with Gasteiger partial charge in [0.05, 0.1) is 22.1 Å². The molecule has 0 aromatic heterocycles. The maximum absolute atomic E-state index is 14.1. The molecule has 13 heteroatoms. The molecule has 0 saturated carbocycles. The van der Waals surface area contributed by atoms with Gasteiger partial charge >= 0.3 is 0 Å². The quantitative estimate of drug-likeness (QED) is 0.460. The van der Waals surface area contributed by atoms with E-state index in [4.69, 9.17) is 27.9 Å². The Morgan fingerprint density at radius 3 is 1.75 bits per heavy atom. The average Bonchev–Trinajstić information content (AvgIpc) is 2.73. The van der Waals surface area contributed by atoms with Gasteiger partial charge in [0.2, 0.25) is 0 Å². The number of sulfonamides is 2. The van der Waals surface area contributed by atoms with E-state index in [0.717, 1.165) is 37.4 Å². The van der Waals surface area contributed by atoms with Gasteiger partial charge in [-0.15, -0.1) is 0 Å². The first-order valence-corrected chi connectivity index (χ1v) is 12.3. The minimum atomic E-state index is -4.56. The highest BCUT2D eigenvalue weighted by molar-refractivity contribution is 7.93. The standard InChI is InChI=1S/C19H14Cl2F2N2O5S2/c1-30-16-9-8-11(31(26,27)24-18-12(20)4-2-6-14(18)22)10-17(16)32(28,29)25-19-13(21)5-3-7-15(19)23/h2-10,24-25H,1H3.